The fourth-order valence-corrected chi connectivity index (χ4v) is 6.35. The van der Waals surface area contributed by atoms with E-state index < -0.39 is 5.97 Å². The molecule has 0 spiro atoms. The van der Waals surface area contributed by atoms with Crippen LogP contribution in [0.5, 0.6) is 5.75 Å². The Morgan fingerprint density at radius 2 is 1.88 bits per heavy atom. The number of anilines is 1. The van der Waals surface area contributed by atoms with E-state index in [0.717, 1.165) is 62.1 Å². The molecule has 3 aliphatic rings. The number of piperidine rings is 1. The molecule has 8 nitrogen and oxygen atoms in total. The zero-order valence-electron chi connectivity index (χ0n) is 25.3. The molecule has 0 amide bonds. The Morgan fingerprint density at radius 3 is 2.65 bits per heavy atom. The number of ether oxygens (including phenoxy) is 2. The molecule has 1 N–H and O–H groups in total. The number of carboxylic acids is 1. The number of hydrogen-bond donors (Lipinski definition) is 1. The molecule has 2 aromatic heterocycles. The van der Waals surface area contributed by atoms with E-state index in [9.17, 15) is 9.90 Å². The molecule has 0 saturated carbocycles. The highest BCUT2D eigenvalue weighted by Gasteiger charge is 2.33. The zero-order chi connectivity index (χ0) is 30.3. The van der Waals surface area contributed by atoms with Crippen LogP contribution in [0.25, 0.3) is 28.2 Å². The summed E-state index contributed by atoms with van der Waals surface area (Å²) >= 11 is 0. The van der Waals surface area contributed by atoms with Crippen LogP contribution >= 0.6 is 0 Å². The molecule has 1 unspecified atom stereocenters. The quantitative estimate of drug-likeness (QED) is 0.277. The van der Waals surface area contributed by atoms with Gasteiger partial charge in [0.2, 0.25) is 5.78 Å². The first-order valence-electron chi connectivity index (χ1n) is 15.2. The van der Waals surface area contributed by atoms with E-state index in [2.05, 4.69) is 11.8 Å². The Hall–Kier alpha value is -3.98. The van der Waals surface area contributed by atoms with E-state index in [0.29, 0.717) is 46.2 Å². The minimum absolute atomic E-state index is 0.0845. The van der Waals surface area contributed by atoms with Crippen LogP contribution < -0.4 is 9.64 Å². The summed E-state index contributed by atoms with van der Waals surface area (Å²) in [6.07, 6.45) is 6.03. The number of halogens is 1. The number of carboxylic acid groups (broad SMARTS) is 1. The highest BCUT2D eigenvalue weighted by atomic mass is 19.1. The molecule has 3 aliphatic heterocycles. The number of benzene rings is 2. The van der Waals surface area contributed by atoms with Crippen molar-refractivity contribution in [2.24, 2.45) is 0 Å². The van der Waals surface area contributed by atoms with Crippen LogP contribution in [-0.2, 0) is 16.0 Å². The van der Waals surface area contributed by atoms with Crippen LogP contribution in [-0.4, -0.2) is 56.8 Å². The zero-order valence-corrected chi connectivity index (χ0v) is 25.3. The van der Waals surface area contributed by atoms with Crippen molar-refractivity contribution in [1.29, 1.82) is 0 Å². The first-order chi connectivity index (χ1) is 20.6. The first-order valence-corrected chi connectivity index (χ1v) is 15.2. The molecule has 6 bridgehead atoms. The third kappa shape index (κ3) is 5.95. The molecule has 43 heavy (non-hydrogen) atoms. The summed E-state index contributed by atoms with van der Waals surface area (Å²) in [7, 11) is 0. The van der Waals surface area contributed by atoms with Crippen LogP contribution in [0.2, 0.25) is 0 Å². The summed E-state index contributed by atoms with van der Waals surface area (Å²) in [5.41, 5.74) is 4.48. The van der Waals surface area contributed by atoms with E-state index >= 15 is 4.39 Å². The van der Waals surface area contributed by atoms with Crippen LogP contribution in [0.15, 0.2) is 42.6 Å². The maximum atomic E-state index is 15.6. The van der Waals surface area contributed by atoms with Crippen molar-refractivity contribution in [3.05, 3.63) is 65.2 Å². The molecule has 7 rings (SSSR count). The predicted octanol–water partition coefficient (Wildman–Crippen LogP) is 6.77. The topological polar surface area (TPSA) is 89.2 Å². The molecule has 2 aromatic carbocycles. The number of imidazole rings is 1. The Bertz CT molecular complexity index is 1670. The molecule has 1 fully saturated rings. The molecule has 1 atom stereocenters. The van der Waals surface area contributed by atoms with Gasteiger partial charge in [-0.15, -0.1) is 0 Å². The van der Waals surface area contributed by atoms with E-state index in [1.807, 2.05) is 61.7 Å². The van der Waals surface area contributed by atoms with Crippen molar-refractivity contribution in [1.82, 2.24) is 14.4 Å². The Kier molecular flexibility index (Phi) is 7.85. The molecule has 5 heterocycles. The molecular weight excluding hydrogens is 547 g/mol. The van der Waals surface area contributed by atoms with Gasteiger partial charge in [-0.3, -0.25) is 9.20 Å². The summed E-state index contributed by atoms with van der Waals surface area (Å²) in [5, 5.41) is 9.78. The van der Waals surface area contributed by atoms with E-state index in [4.69, 9.17) is 19.4 Å². The van der Waals surface area contributed by atoms with Crippen molar-refractivity contribution in [3.8, 4) is 28.1 Å². The van der Waals surface area contributed by atoms with Gasteiger partial charge in [-0.2, -0.15) is 0 Å². The van der Waals surface area contributed by atoms with Crippen LogP contribution in [0.1, 0.15) is 62.8 Å². The van der Waals surface area contributed by atoms with Gasteiger partial charge in [-0.25, -0.2) is 14.4 Å². The van der Waals surface area contributed by atoms with Gasteiger partial charge in [-0.05, 0) is 89.1 Å². The van der Waals surface area contributed by atoms with Crippen molar-refractivity contribution in [3.63, 3.8) is 0 Å². The third-order valence-corrected chi connectivity index (χ3v) is 8.77. The van der Waals surface area contributed by atoms with Crippen LogP contribution in [0.3, 0.4) is 0 Å². The van der Waals surface area contributed by atoms with Gasteiger partial charge in [0.1, 0.15) is 17.4 Å². The van der Waals surface area contributed by atoms with Crippen LogP contribution in [0, 0.1) is 19.7 Å². The maximum absolute atomic E-state index is 15.6. The lowest BCUT2D eigenvalue weighted by Gasteiger charge is -2.41. The molecule has 0 aliphatic carbocycles. The summed E-state index contributed by atoms with van der Waals surface area (Å²) in [6.45, 7) is 10.0. The second-order valence-electron chi connectivity index (χ2n) is 12.3. The highest BCUT2D eigenvalue weighted by Crippen LogP contribution is 2.38. The summed E-state index contributed by atoms with van der Waals surface area (Å²) in [6, 6.07) is 11.1. The van der Waals surface area contributed by atoms with Crippen molar-refractivity contribution in [2.45, 2.75) is 77.9 Å². The number of carbonyl (C=O) groups is 1. The van der Waals surface area contributed by atoms with E-state index in [-0.39, 0.29) is 23.9 Å². The lowest BCUT2D eigenvalue weighted by Crippen LogP contribution is -2.45. The molecule has 9 heteroatoms. The minimum Gasteiger partial charge on any atom is -0.490 e. The average Bonchev–Trinajstić information content (AvgIpc) is 3.36. The number of aryl methyl sites for hydroxylation is 2. The fraction of sp³-hybridized carbons (Fsp3) is 0.441. The summed E-state index contributed by atoms with van der Waals surface area (Å²) in [5.74, 6) is 0.596. The van der Waals surface area contributed by atoms with Gasteiger partial charge in [0.05, 0.1) is 29.4 Å². The Labute approximate surface area is 251 Å². The first kappa shape index (κ1) is 29.1. The monoisotopic (exact) mass is 586 g/mol. The predicted molar refractivity (Wildman–Crippen MR) is 164 cm³/mol. The van der Waals surface area contributed by atoms with Gasteiger partial charge in [0, 0.05) is 42.7 Å². The standard InChI is InChI=1S/C34H39FN4O4/c1-21-16-27(35)31-25-10-7-9-24(18-25)28-20-39-32(26(19-30(40)41)23(3)36-33(39)37-28)38-13-11-34(4,12-14-38)42-15-6-5-8-22(2)43-29(31)17-21/h7,9-10,16-18,20,22H,5-6,8,11-15,19H2,1-4H3,(H,40,41). The second-order valence-corrected chi connectivity index (χ2v) is 12.3. The molecular formula is C34H39FN4O4. The average molecular weight is 587 g/mol. The maximum Gasteiger partial charge on any atom is 0.308 e. The molecule has 4 aromatic rings. The number of aliphatic carboxylic acids is 1. The SMILES string of the molecule is Cc1cc(F)c2c(c1)OC(C)CCCCOC1(C)CCN(CC1)c1c(CC(=O)O)c(C)nc3nc(cn13)-c1cccc-2c1. The minimum atomic E-state index is -0.905. The number of hydrogen-bond acceptors (Lipinski definition) is 6. The fourth-order valence-electron chi connectivity index (χ4n) is 6.35. The number of fused-ring (bicyclic) bond motifs is 8. The van der Waals surface area contributed by atoms with Gasteiger partial charge in [0.25, 0.3) is 0 Å². The number of rotatable bonds is 2. The van der Waals surface area contributed by atoms with Gasteiger partial charge in [-0.1, -0.05) is 18.2 Å². The highest BCUT2D eigenvalue weighted by molar-refractivity contribution is 5.78. The Balaban J connectivity index is 1.51. The molecule has 0 radical (unpaired) electrons. The van der Waals surface area contributed by atoms with Gasteiger partial charge < -0.3 is 19.5 Å². The normalized spacial score (nSPS) is 21.0. The Morgan fingerprint density at radius 1 is 1.12 bits per heavy atom. The van der Waals surface area contributed by atoms with Crippen molar-refractivity contribution in [2.75, 3.05) is 24.6 Å². The summed E-state index contributed by atoms with van der Waals surface area (Å²) in [4.78, 5) is 23.8. The largest absolute Gasteiger partial charge is 0.490 e. The van der Waals surface area contributed by atoms with Gasteiger partial charge in [0.15, 0.2) is 0 Å². The van der Waals surface area contributed by atoms with Crippen molar-refractivity contribution < 1.29 is 23.8 Å². The number of nitrogens with zero attached hydrogens (tertiary/aromatic N) is 4. The van der Waals surface area contributed by atoms with E-state index in [1.54, 1.807) is 0 Å². The second kappa shape index (κ2) is 11.6. The van der Waals surface area contributed by atoms with Crippen molar-refractivity contribution >= 4 is 17.6 Å². The molecule has 226 valence electrons. The smallest absolute Gasteiger partial charge is 0.308 e. The third-order valence-electron chi connectivity index (χ3n) is 8.77. The molecule has 1 saturated heterocycles. The van der Waals surface area contributed by atoms with E-state index in [1.165, 1.54) is 6.07 Å². The van der Waals surface area contributed by atoms with Gasteiger partial charge >= 0.3 is 5.97 Å². The lowest BCUT2D eigenvalue weighted by molar-refractivity contribution is -0.136. The lowest BCUT2D eigenvalue weighted by atomic mass is 9.92. The number of aromatic nitrogens is 3. The summed E-state index contributed by atoms with van der Waals surface area (Å²) < 4.78 is 30.3. The van der Waals surface area contributed by atoms with Crippen LogP contribution in [0.4, 0.5) is 10.2 Å².